The highest BCUT2D eigenvalue weighted by Crippen LogP contribution is 2.32. The van der Waals surface area contributed by atoms with Gasteiger partial charge in [0.05, 0.1) is 11.1 Å². The second-order valence-corrected chi connectivity index (χ2v) is 5.35. The maximum atomic E-state index is 12.1. The highest BCUT2D eigenvalue weighted by Gasteiger charge is 2.34. The van der Waals surface area contributed by atoms with Crippen molar-refractivity contribution in [2.24, 2.45) is 0 Å². The third-order valence-electron chi connectivity index (χ3n) is 1.21. The van der Waals surface area contributed by atoms with Crippen LogP contribution in [0.15, 0.2) is 6.20 Å². The average molecular weight is 261 g/mol. The van der Waals surface area contributed by atoms with Crippen LogP contribution in [0.3, 0.4) is 0 Å². The van der Waals surface area contributed by atoms with Crippen molar-refractivity contribution in [2.45, 2.75) is 12.8 Å². The number of aromatic nitrogens is 1. The number of nitrogens with zero attached hydrogens (tertiary/aromatic N) is 1. The van der Waals surface area contributed by atoms with Crippen molar-refractivity contribution in [1.29, 1.82) is 0 Å². The summed E-state index contributed by atoms with van der Waals surface area (Å²) < 4.78 is 61.6. The van der Waals surface area contributed by atoms with Gasteiger partial charge in [-0.2, -0.15) is 21.6 Å². The molecule has 0 unspecified atom stereocenters. The maximum absolute atomic E-state index is 12.1. The van der Waals surface area contributed by atoms with Crippen molar-refractivity contribution in [3.8, 4) is 0 Å². The Hall–Kier alpha value is -0.670. The number of alkyl halides is 3. The van der Waals surface area contributed by atoms with Gasteiger partial charge >= 0.3 is 6.18 Å². The molecule has 0 amide bonds. The number of hydrogen-bond acceptors (Lipinski definition) is 5. The second kappa shape index (κ2) is 4.06. The molecule has 4 nitrogen and oxygen atoms in total. The van der Waals surface area contributed by atoms with Crippen LogP contribution in [-0.2, 0) is 27.1 Å². The van der Waals surface area contributed by atoms with Crippen LogP contribution in [0.4, 0.5) is 13.2 Å². The molecule has 1 aromatic rings. The summed E-state index contributed by atoms with van der Waals surface area (Å²) in [5, 5.41) is -1.02. The van der Waals surface area contributed by atoms with E-state index in [2.05, 4.69) is 9.17 Å². The fourth-order valence-electron chi connectivity index (χ4n) is 0.670. The van der Waals surface area contributed by atoms with E-state index in [0.29, 0.717) is 11.3 Å². The minimum Gasteiger partial charge on any atom is -0.265 e. The summed E-state index contributed by atoms with van der Waals surface area (Å²) in [5.74, 6) is 0. The predicted molar refractivity (Wildman–Crippen MR) is 46.7 cm³/mol. The summed E-state index contributed by atoms with van der Waals surface area (Å²) >= 11 is 0.355. The Bertz CT molecular complexity index is 437. The van der Waals surface area contributed by atoms with Crippen molar-refractivity contribution in [2.75, 3.05) is 6.26 Å². The SMILES string of the molecule is CS(=O)(=O)OCc1cnc(C(F)(F)F)s1. The molecule has 0 fully saturated rings. The van der Waals surface area contributed by atoms with Crippen molar-refractivity contribution < 1.29 is 25.8 Å². The molecule has 0 atom stereocenters. The van der Waals surface area contributed by atoms with Gasteiger partial charge in [-0.3, -0.25) is 4.18 Å². The lowest BCUT2D eigenvalue weighted by atomic mass is 10.6. The molecule has 0 aliphatic carbocycles. The first-order valence-electron chi connectivity index (χ1n) is 3.55. The molecule has 0 spiro atoms. The molecule has 0 bridgehead atoms. The van der Waals surface area contributed by atoms with E-state index in [1.54, 1.807) is 0 Å². The molecule has 86 valence electrons. The molecule has 0 aliphatic rings. The molecule has 0 N–H and O–H groups in total. The van der Waals surface area contributed by atoms with Gasteiger partial charge in [-0.1, -0.05) is 0 Å². The van der Waals surface area contributed by atoms with Crippen LogP contribution in [0, 0.1) is 0 Å². The quantitative estimate of drug-likeness (QED) is 0.776. The minimum absolute atomic E-state index is 0.104. The third kappa shape index (κ3) is 4.14. The Morgan fingerprint density at radius 1 is 1.53 bits per heavy atom. The maximum Gasteiger partial charge on any atom is 0.443 e. The van der Waals surface area contributed by atoms with Gasteiger partial charge in [0.1, 0.15) is 6.61 Å². The first-order valence-corrected chi connectivity index (χ1v) is 6.18. The Kier molecular flexibility index (Phi) is 3.36. The fraction of sp³-hybridized carbons (Fsp3) is 0.500. The molecule has 1 aromatic heterocycles. The molecule has 0 saturated heterocycles. The van der Waals surface area contributed by atoms with E-state index in [4.69, 9.17) is 0 Å². The molecule has 1 heterocycles. The number of rotatable bonds is 3. The lowest BCUT2D eigenvalue weighted by Crippen LogP contribution is -2.03. The second-order valence-electron chi connectivity index (χ2n) is 2.60. The summed E-state index contributed by atoms with van der Waals surface area (Å²) in [7, 11) is -3.65. The first-order chi connectivity index (χ1) is 6.68. The average Bonchev–Trinajstić information content (AvgIpc) is 2.45. The van der Waals surface area contributed by atoms with E-state index in [9.17, 15) is 21.6 Å². The van der Waals surface area contributed by atoms with Gasteiger partial charge in [-0.05, 0) is 0 Å². The van der Waals surface area contributed by atoms with Gasteiger partial charge in [0, 0.05) is 6.20 Å². The van der Waals surface area contributed by atoms with Crippen LogP contribution < -0.4 is 0 Å². The lowest BCUT2D eigenvalue weighted by Gasteiger charge is -1.99. The van der Waals surface area contributed by atoms with E-state index in [1.807, 2.05) is 0 Å². The highest BCUT2D eigenvalue weighted by atomic mass is 32.2. The van der Waals surface area contributed by atoms with Crippen molar-refractivity contribution in [3.63, 3.8) is 0 Å². The van der Waals surface area contributed by atoms with Crippen LogP contribution in [0.5, 0.6) is 0 Å². The van der Waals surface area contributed by atoms with Gasteiger partial charge in [0.2, 0.25) is 0 Å². The fourth-order valence-corrected chi connectivity index (χ4v) is 1.78. The van der Waals surface area contributed by atoms with E-state index < -0.39 is 27.9 Å². The standard InChI is InChI=1S/C6H6F3NO3S2/c1-15(11,12)13-3-4-2-10-5(14-4)6(7,8)9/h2H,3H2,1H3. The lowest BCUT2D eigenvalue weighted by molar-refractivity contribution is -0.137. The van der Waals surface area contributed by atoms with Crippen LogP contribution in [0.25, 0.3) is 0 Å². The van der Waals surface area contributed by atoms with Crippen LogP contribution in [0.1, 0.15) is 9.88 Å². The van der Waals surface area contributed by atoms with Crippen LogP contribution >= 0.6 is 11.3 Å². The number of halogens is 3. The zero-order chi connectivity index (χ0) is 11.7. The molecule has 9 heteroatoms. The first kappa shape index (κ1) is 12.4. The number of hydrogen-bond donors (Lipinski definition) is 0. The molecule has 0 radical (unpaired) electrons. The Balaban J connectivity index is 2.70. The topological polar surface area (TPSA) is 56.3 Å². The summed E-state index contributed by atoms with van der Waals surface area (Å²) in [6.07, 6.45) is -2.74. The molecule has 0 aliphatic heterocycles. The summed E-state index contributed by atoms with van der Waals surface area (Å²) in [4.78, 5) is 3.21. The van der Waals surface area contributed by atoms with E-state index in [1.165, 1.54) is 0 Å². The van der Waals surface area contributed by atoms with Crippen molar-refractivity contribution >= 4 is 21.5 Å². The normalized spacial score (nSPS) is 13.1. The highest BCUT2D eigenvalue weighted by molar-refractivity contribution is 7.85. The van der Waals surface area contributed by atoms with E-state index in [-0.39, 0.29) is 4.88 Å². The number of thiazole rings is 1. The van der Waals surface area contributed by atoms with Gasteiger partial charge in [-0.15, -0.1) is 11.3 Å². The van der Waals surface area contributed by atoms with Crippen LogP contribution in [-0.4, -0.2) is 19.7 Å². The summed E-state index contributed by atoms with van der Waals surface area (Å²) in [6, 6.07) is 0. The zero-order valence-electron chi connectivity index (χ0n) is 7.41. The summed E-state index contributed by atoms with van der Waals surface area (Å²) in [5.41, 5.74) is 0. The molecule has 0 saturated carbocycles. The summed E-state index contributed by atoms with van der Waals surface area (Å²) in [6.45, 7) is -0.424. The smallest absolute Gasteiger partial charge is 0.265 e. The van der Waals surface area contributed by atoms with Crippen molar-refractivity contribution in [3.05, 3.63) is 16.1 Å². The third-order valence-corrected chi connectivity index (χ3v) is 2.77. The molecule has 15 heavy (non-hydrogen) atoms. The van der Waals surface area contributed by atoms with Crippen molar-refractivity contribution in [1.82, 2.24) is 4.98 Å². The van der Waals surface area contributed by atoms with Gasteiger partial charge in [-0.25, -0.2) is 4.98 Å². The van der Waals surface area contributed by atoms with E-state index in [0.717, 1.165) is 12.5 Å². The monoisotopic (exact) mass is 261 g/mol. The largest absolute Gasteiger partial charge is 0.443 e. The zero-order valence-corrected chi connectivity index (χ0v) is 9.04. The molecule has 0 aromatic carbocycles. The minimum atomic E-state index is -4.51. The Morgan fingerprint density at radius 2 is 2.13 bits per heavy atom. The Labute approximate surface area is 87.8 Å². The molecular formula is C6H6F3NO3S2. The van der Waals surface area contributed by atoms with Crippen LogP contribution in [0.2, 0.25) is 0 Å². The predicted octanol–water partition coefficient (Wildman–Crippen LogP) is 1.64. The Morgan fingerprint density at radius 3 is 2.53 bits per heavy atom. The van der Waals surface area contributed by atoms with E-state index >= 15 is 0 Å². The molecular weight excluding hydrogens is 255 g/mol. The van der Waals surface area contributed by atoms with Gasteiger partial charge in [0.25, 0.3) is 10.1 Å². The van der Waals surface area contributed by atoms with Gasteiger partial charge < -0.3 is 0 Å². The molecule has 1 rings (SSSR count). The van der Waals surface area contributed by atoms with Gasteiger partial charge in [0.15, 0.2) is 5.01 Å².